The number of fused-ring (bicyclic) bond motifs is 1. The first kappa shape index (κ1) is 13.5. The maximum Gasteiger partial charge on any atom is 0.178 e. The minimum Gasteiger partial charge on any atom is -0.377 e. The van der Waals surface area contributed by atoms with Crippen LogP contribution >= 0.6 is 23.8 Å². The molecule has 1 aromatic carbocycles. The number of aromatic amines is 1. The molecule has 98 valence electrons. The van der Waals surface area contributed by atoms with E-state index < -0.39 is 5.82 Å². The van der Waals surface area contributed by atoms with Gasteiger partial charge < -0.3 is 14.3 Å². The lowest BCUT2D eigenvalue weighted by atomic mass is 10.3. The lowest BCUT2D eigenvalue weighted by molar-refractivity contribution is 0.0645. The minimum absolute atomic E-state index is 0.0134. The van der Waals surface area contributed by atoms with Crippen molar-refractivity contribution in [2.24, 2.45) is 0 Å². The van der Waals surface area contributed by atoms with E-state index in [4.69, 9.17) is 28.6 Å². The molecule has 1 unspecified atom stereocenters. The lowest BCUT2D eigenvalue weighted by Crippen LogP contribution is -2.16. The summed E-state index contributed by atoms with van der Waals surface area (Å²) in [7, 11) is 0. The van der Waals surface area contributed by atoms with E-state index in [1.807, 2.05) is 18.4 Å². The van der Waals surface area contributed by atoms with Gasteiger partial charge >= 0.3 is 0 Å². The first-order chi connectivity index (χ1) is 8.52. The molecule has 0 fully saturated rings. The molecule has 18 heavy (non-hydrogen) atoms. The first-order valence-electron chi connectivity index (χ1n) is 5.72. The quantitative estimate of drug-likeness (QED) is 0.864. The smallest absolute Gasteiger partial charge is 0.178 e. The molecule has 0 aliphatic carbocycles. The normalized spacial score (nSPS) is 13.1. The topological polar surface area (TPSA) is 29.9 Å². The molecule has 1 aromatic heterocycles. The Hall–Kier alpha value is -0.910. The molecule has 0 saturated heterocycles. The van der Waals surface area contributed by atoms with E-state index in [-0.39, 0.29) is 11.1 Å². The van der Waals surface area contributed by atoms with Crippen molar-refractivity contribution in [3.63, 3.8) is 0 Å². The van der Waals surface area contributed by atoms with Crippen molar-refractivity contribution >= 4 is 34.9 Å². The summed E-state index contributed by atoms with van der Waals surface area (Å²) in [6.45, 7) is 5.10. The monoisotopic (exact) mass is 288 g/mol. The molecule has 0 spiro atoms. The first-order valence-corrected chi connectivity index (χ1v) is 6.50. The Balaban J connectivity index is 2.47. The zero-order valence-electron chi connectivity index (χ0n) is 10.2. The molecule has 0 amide bonds. The summed E-state index contributed by atoms with van der Waals surface area (Å²) < 4.78 is 21.3. The molecule has 1 N–H and O–H groups in total. The fourth-order valence-corrected chi connectivity index (χ4v) is 2.37. The summed E-state index contributed by atoms with van der Waals surface area (Å²) in [4.78, 5) is 3.01. The van der Waals surface area contributed by atoms with Crippen molar-refractivity contribution in [2.45, 2.75) is 26.5 Å². The van der Waals surface area contributed by atoms with Crippen LogP contribution in [0.5, 0.6) is 0 Å². The van der Waals surface area contributed by atoms with Crippen LogP contribution in [0.15, 0.2) is 12.1 Å². The van der Waals surface area contributed by atoms with E-state index in [1.54, 1.807) is 6.07 Å². The summed E-state index contributed by atoms with van der Waals surface area (Å²) >= 11 is 11.0. The van der Waals surface area contributed by atoms with E-state index in [0.29, 0.717) is 23.4 Å². The third kappa shape index (κ3) is 2.58. The van der Waals surface area contributed by atoms with E-state index in [9.17, 15) is 4.39 Å². The van der Waals surface area contributed by atoms with Crippen molar-refractivity contribution in [3.8, 4) is 0 Å². The van der Waals surface area contributed by atoms with Crippen molar-refractivity contribution in [2.75, 3.05) is 6.61 Å². The number of H-pyrrole nitrogens is 1. The van der Waals surface area contributed by atoms with Crippen LogP contribution < -0.4 is 0 Å². The Labute approximate surface area is 115 Å². The zero-order chi connectivity index (χ0) is 13.3. The maximum absolute atomic E-state index is 13.5. The van der Waals surface area contributed by atoms with Crippen LogP contribution in [-0.4, -0.2) is 22.3 Å². The van der Waals surface area contributed by atoms with Gasteiger partial charge in [0.25, 0.3) is 0 Å². The zero-order valence-corrected chi connectivity index (χ0v) is 11.7. The standard InChI is InChI=1S/C12H14ClFN2OS/c1-3-17-7(2)6-16-11-5-9(14)8(13)4-10(11)15-12(16)18/h4-5,7H,3,6H2,1-2H3,(H,15,18). The van der Waals surface area contributed by atoms with Gasteiger partial charge in [0.15, 0.2) is 4.77 Å². The van der Waals surface area contributed by atoms with Gasteiger partial charge in [-0.25, -0.2) is 4.39 Å². The lowest BCUT2D eigenvalue weighted by Gasteiger charge is -2.13. The maximum atomic E-state index is 13.5. The van der Waals surface area contributed by atoms with Gasteiger partial charge in [-0.2, -0.15) is 0 Å². The van der Waals surface area contributed by atoms with Crippen molar-refractivity contribution in [1.82, 2.24) is 9.55 Å². The summed E-state index contributed by atoms with van der Waals surface area (Å²) in [6, 6.07) is 2.94. The Morgan fingerprint density at radius 3 is 2.94 bits per heavy atom. The molecular formula is C12H14ClFN2OS. The summed E-state index contributed by atoms with van der Waals surface area (Å²) in [6.07, 6.45) is 0.0134. The van der Waals surface area contributed by atoms with Gasteiger partial charge in [0.1, 0.15) is 5.82 Å². The van der Waals surface area contributed by atoms with E-state index in [1.165, 1.54) is 6.07 Å². The Bertz CT molecular complexity index is 622. The second kappa shape index (κ2) is 5.38. The Kier molecular flexibility index (Phi) is 4.04. The molecule has 0 aliphatic rings. The number of aromatic nitrogens is 2. The summed E-state index contributed by atoms with van der Waals surface area (Å²) in [5.41, 5.74) is 1.43. The van der Waals surface area contributed by atoms with Gasteiger partial charge in [-0.05, 0) is 32.1 Å². The fraction of sp³-hybridized carbons (Fsp3) is 0.417. The molecule has 3 nitrogen and oxygen atoms in total. The van der Waals surface area contributed by atoms with Gasteiger partial charge in [0.2, 0.25) is 0 Å². The molecule has 1 atom stereocenters. The average Bonchev–Trinajstić information content (AvgIpc) is 2.57. The number of rotatable bonds is 4. The third-order valence-corrected chi connectivity index (χ3v) is 3.32. The Morgan fingerprint density at radius 2 is 2.28 bits per heavy atom. The molecule has 2 aromatic rings. The second-order valence-corrected chi connectivity index (χ2v) is 4.88. The van der Waals surface area contributed by atoms with Crippen LogP contribution in [0, 0.1) is 10.6 Å². The predicted octanol–water partition coefficient (Wildman–Crippen LogP) is 3.92. The predicted molar refractivity (Wildman–Crippen MR) is 73.2 cm³/mol. The second-order valence-electron chi connectivity index (χ2n) is 4.09. The van der Waals surface area contributed by atoms with Crippen LogP contribution in [0.3, 0.4) is 0 Å². The number of halogens is 2. The molecule has 0 saturated carbocycles. The molecule has 0 bridgehead atoms. The van der Waals surface area contributed by atoms with Crippen LogP contribution in [0.25, 0.3) is 11.0 Å². The van der Waals surface area contributed by atoms with Gasteiger partial charge in [-0.3, -0.25) is 0 Å². The van der Waals surface area contributed by atoms with Gasteiger partial charge in [-0.15, -0.1) is 0 Å². The van der Waals surface area contributed by atoms with Crippen molar-refractivity contribution in [3.05, 3.63) is 27.7 Å². The van der Waals surface area contributed by atoms with E-state index in [2.05, 4.69) is 4.98 Å². The SMILES string of the molecule is CCOC(C)Cn1c(=S)[nH]c2cc(Cl)c(F)cc21. The number of nitrogens with one attached hydrogen (secondary N) is 1. The minimum atomic E-state index is -0.448. The van der Waals surface area contributed by atoms with Crippen molar-refractivity contribution in [1.29, 1.82) is 0 Å². The summed E-state index contributed by atoms with van der Waals surface area (Å²) in [5.74, 6) is -0.448. The highest BCUT2D eigenvalue weighted by atomic mass is 35.5. The number of imidazole rings is 1. The molecule has 0 radical (unpaired) electrons. The molecule has 2 rings (SSSR count). The van der Waals surface area contributed by atoms with Gasteiger partial charge in [0, 0.05) is 12.7 Å². The number of nitrogens with zero attached hydrogens (tertiary/aromatic N) is 1. The summed E-state index contributed by atoms with van der Waals surface area (Å²) in [5, 5.41) is 0.0868. The molecule has 0 aliphatic heterocycles. The van der Waals surface area contributed by atoms with Crippen LogP contribution in [0.4, 0.5) is 4.39 Å². The highest BCUT2D eigenvalue weighted by molar-refractivity contribution is 7.71. The van der Waals surface area contributed by atoms with Gasteiger partial charge in [0.05, 0.1) is 28.7 Å². The largest absolute Gasteiger partial charge is 0.377 e. The highest BCUT2D eigenvalue weighted by Crippen LogP contribution is 2.23. The van der Waals surface area contributed by atoms with E-state index in [0.717, 1.165) is 5.52 Å². The Morgan fingerprint density at radius 1 is 1.56 bits per heavy atom. The van der Waals surface area contributed by atoms with E-state index >= 15 is 0 Å². The molecule has 1 heterocycles. The number of hydrogen-bond donors (Lipinski definition) is 1. The fourth-order valence-electron chi connectivity index (χ4n) is 1.93. The van der Waals surface area contributed by atoms with Crippen LogP contribution in [0.2, 0.25) is 5.02 Å². The number of ether oxygens (including phenoxy) is 1. The van der Waals surface area contributed by atoms with Gasteiger partial charge in [-0.1, -0.05) is 11.6 Å². The molecule has 6 heteroatoms. The highest BCUT2D eigenvalue weighted by Gasteiger charge is 2.11. The van der Waals surface area contributed by atoms with Crippen molar-refractivity contribution < 1.29 is 9.13 Å². The molecular weight excluding hydrogens is 275 g/mol. The number of benzene rings is 1. The third-order valence-electron chi connectivity index (χ3n) is 2.71. The van der Waals surface area contributed by atoms with Crippen LogP contribution in [-0.2, 0) is 11.3 Å². The number of hydrogen-bond acceptors (Lipinski definition) is 2. The average molecular weight is 289 g/mol. The van der Waals surface area contributed by atoms with Crippen LogP contribution in [0.1, 0.15) is 13.8 Å².